The van der Waals surface area contributed by atoms with Crippen molar-refractivity contribution in [1.29, 1.82) is 0 Å². The summed E-state index contributed by atoms with van der Waals surface area (Å²) in [4.78, 5) is 0. The molecule has 0 aliphatic carbocycles. The number of benzene rings is 1. The van der Waals surface area contributed by atoms with Crippen LogP contribution < -0.4 is 0 Å². The summed E-state index contributed by atoms with van der Waals surface area (Å²) in [5.41, 5.74) is 0.0815. The number of methoxy groups -OCH3 is 1. The zero-order valence-corrected chi connectivity index (χ0v) is 9.60. The molecule has 1 aromatic carbocycles. The molecule has 0 N–H and O–H groups in total. The maximum atomic E-state index is 12.2. The third-order valence-corrected chi connectivity index (χ3v) is 2.62. The second-order valence-corrected chi connectivity index (χ2v) is 3.65. The third-order valence-electron chi connectivity index (χ3n) is 2.03. The Morgan fingerprint density at radius 2 is 1.80 bits per heavy atom. The third kappa shape index (κ3) is 3.21. The van der Waals surface area contributed by atoms with Gasteiger partial charge in [0.2, 0.25) is 0 Å². The first kappa shape index (κ1) is 12.5. The summed E-state index contributed by atoms with van der Waals surface area (Å²) < 4.78 is 41.8. The van der Waals surface area contributed by atoms with E-state index in [1.165, 1.54) is 19.2 Å². The van der Waals surface area contributed by atoms with Gasteiger partial charge < -0.3 is 4.74 Å². The van der Waals surface area contributed by atoms with Crippen LogP contribution in [-0.4, -0.2) is 12.4 Å². The second kappa shape index (κ2) is 4.99. The van der Waals surface area contributed by atoms with Gasteiger partial charge in [0.15, 0.2) is 0 Å². The van der Waals surface area contributed by atoms with Crippen molar-refractivity contribution in [1.82, 2.24) is 0 Å². The van der Waals surface area contributed by atoms with Gasteiger partial charge in [-0.3, -0.25) is 0 Å². The average Bonchev–Trinajstić information content (AvgIpc) is 2.19. The van der Waals surface area contributed by atoms with Gasteiger partial charge >= 0.3 is 6.18 Å². The molecular weight excluding hydrogens is 273 g/mol. The quantitative estimate of drug-likeness (QED) is 0.767. The Morgan fingerprint density at radius 3 is 2.13 bits per heavy atom. The highest BCUT2D eigenvalue weighted by Crippen LogP contribution is 2.30. The summed E-state index contributed by atoms with van der Waals surface area (Å²) in [7, 11) is 1.52. The van der Waals surface area contributed by atoms with E-state index in [0.29, 0.717) is 5.33 Å². The summed E-state index contributed by atoms with van der Waals surface area (Å²) in [5, 5.41) is 0.550. The minimum atomic E-state index is -4.28. The first-order valence-corrected chi connectivity index (χ1v) is 5.37. The molecule has 0 aliphatic rings. The molecular formula is C10H10BrF3O. The minimum Gasteiger partial charge on any atom is -0.376 e. The van der Waals surface area contributed by atoms with Gasteiger partial charge in [-0.1, -0.05) is 28.1 Å². The van der Waals surface area contributed by atoms with E-state index >= 15 is 0 Å². The van der Waals surface area contributed by atoms with E-state index in [4.69, 9.17) is 4.74 Å². The van der Waals surface area contributed by atoms with Crippen molar-refractivity contribution in [3.05, 3.63) is 35.4 Å². The molecule has 0 aromatic heterocycles. The van der Waals surface area contributed by atoms with Crippen molar-refractivity contribution in [2.45, 2.75) is 12.3 Å². The lowest BCUT2D eigenvalue weighted by Crippen LogP contribution is -2.07. The van der Waals surface area contributed by atoms with Gasteiger partial charge in [0, 0.05) is 12.4 Å². The summed E-state index contributed by atoms with van der Waals surface area (Å²) in [6, 6.07) is 4.98. The molecule has 0 saturated carbocycles. The van der Waals surface area contributed by atoms with Crippen LogP contribution >= 0.6 is 15.9 Å². The van der Waals surface area contributed by atoms with Crippen molar-refractivity contribution in [2.24, 2.45) is 0 Å². The van der Waals surface area contributed by atoms with E-state index in [0.717, 1.165) is 17.7 Å². The molecule has 0 heterocycles. The van der Waals surface area contributed by atoms with Gasteiger partial charge in [0.25, 0.3) is 0 Å². The molecule has 1 nitrogen and oxygen atoms in total. The van der Waals surface area contributed by atoms with Gasteiger partial charge in [-0.05, 0) is 17.7 Å². The molecule has 0 saturated heterocycles. The van der Waals surface area contributed by atoms with Crippen LogP contribution in [0.5, 0.6) is 0 Å². The van der Waals surface area contributed by atoms with E-state index in [9.17, 15) is 13.2 Å². The summed E-state index contributed by atoms with van der Waals surface area (Å²) >= 11 is 3.22. The maximum Gasteiger partial charge on any atom is 0.416 e. The zero-order chi connectivity index (χ0) is 11.5. The van der Waals surface area contributed by atoms with Crippen LogP contribution in [-0.2, 0) is 10.9 Å². The lowest BCUT2D eigenvalue weighted by Gasteiger charge is -2.13. The first-order valence-electron chi connectivity index (χ1n) is 4.25. The van der Waals surface area contributed by atoms with Crippen LogP contribution in [0.4, 0.5) is 13.2 Å². The van der Waals surface area contributed by atoms with Crippen LogP contribution in [0, 0.1) is 0 Å². The lowest BCUT2D eigenvalue weighted by atomic mass is 10.1. The Hall–Kier alpha value is -0.550. The van der Waals surface area contributed by atoms with Crippen molar-refractivity contribution >= 4 is 15.9 Å². The lowest BCUT2D eigenvalue weighted by molar-refractivity contribution is -0.137. The normalized spacial score (nSPS) is 13.9. The van der Waals surface area contributed by atoms with Crippen molar-refractivity contribution in [3.63, 3.8) is 0 Å². The van der Waals surface area contributed by atoms with E-state index in [-0.39, 0.29) is 6.10 Å². The van der Waals surface area contributed by atoms with Crippen molar-refractivity contribution < 1.29 is 17.9 Å². The molecule has 1 atom stereocenters. The predicted octanol–water partition coefficient (Wildman–Crippen LogP) is 3.79. The van der Waals surface area contributed by atoms with E-state index < -0.39 is 11.7 Å². The Kier molecular flexibility index (Phi) is 4.16. The number of hydrogen-bond acceptors (Lipinski definition) is 1. The molecule has 1 rings (SSSR count). The molecule has 5 heteroatoms. The Balaban J connectivity index is 2.89. The van der Waals surface area contributed by atoms with Gasteiger partial charge in [-0.25, -0.2) is 0 Å². The first-order chi connectivity index (χ1) is 6.99. The Morgan fingerprint density at radius 1 is 1.27 bits per heavy atom. The molecule has 0 spiro atoms. The van der Waals surface area contributed by atoms with Gasteiger partial charge in [0.1, 0.15) is 0 Å². The van der Waals surface area contributed by atoms with Gasteiger partial charge in [-0.15, -0.1) is 0 Å². The second-order valence-electron chi connectivity index (χ2n) is 3.00. The number of ether oxygens (including phenoxy) is 1. The van der Waals surface area contributed by atoms with Crippen LogP contribution in [0.25, 0.3) is 0 Å². The number of alkyl halides is 4. The number of hydrogen-bond donors (Lipinski definition) is 0. The molecule has 1 aromatic rings. The minimum absolute atomic E-state index is 0.215. The fourth-order valence-electron chi connectivity index (χ4n) is 1.17. The molecule has 0 radical (unpaired) electrons. The van der Waals surface area contributed by atoms with E-state index in [1.54, 1.807) is 0 Å². The highest BCUT2D eigenvalue weighted by atomic mass is 79.9. The van der Waals surface area contributed by atoms with E-state index in [2.05, 4.69) is 15.9 Å². The van der Waals surface area contributed by atoms with E-state index in [1.807, 2.05) is 0 Å². The zero-order valence-electron chi connectivity index (χ0n) is 8.01. The summed E-state index contributed by atoms with van der Waals surface area (Å²) in [5.74, 6) is 0. The van der Waals surface area contributed by atoms with Crippen LogP contribution in [0.3, 0.4) is 0 Å². The van der Waals surface area contributed by atoms with Crippen LogP contribution in [0.15, 0.2) is 24.3 Å². The Labute approximate surface area is 94.4 Å². The fourth-order valence-corrected chi connectivity index (χ4v) is 1.81. The summed E-state index contributed by atoms with van der Waals surface area (Å²) in [6.07, 6.45) is -4.50. The molecule has 84 valence electrons. The topological polar surface area (TPSA) is 9.23 Å². The molecule has 0 bridgehead atoms. The maximum absolute atomic E-state index is 12.2. The number of halogens is 4. The Bertz CT molecular complexity index is 303. The highest BCUT2D eigenvalue weighted by molar-refractivity contribution is 9.09. The molecule has 0 aliphatic heterocycles. The molecule has 0 amide bonds. The highest BCUT2D eigenvalue weighted by Gasteiger charge is 2.30. The standard InChI is InChI=1S/C10H10BrF3O/c1-15-9(6-11)7-2-4-8(5-3-7)10(12,13)14/h2-5,9H,6H2,1H3. The molecule has 1 unspecified atom stereocenters. The molecule has 0 fully saturated rings. The van der Waals surface area contributed by atoms with Gasteiger partial charge in [-0.2, -0.15) is 13.2 Å². The molecule has 15 heavy (non-hydrogen) atoms. The monoisotopic (exact) mass is 282 g/mol. The average molecular weight is 283 g/mol. The van der Waals surface area contributed by atoms with Crippen LogP contribution in [0.1, 0.15) is 17.2 Å². The summed E-state index contributed by atoms with van der Waals surface area (Å²) in [6.45, 7) is 0. The smallest absolute Gasteiger partial charge is 0.376 e. The largest absolute Gasteiger partial charge is 0.416 e. The van der Waals surface area contributed by atoms with Crippen molar-refractivity contribution in [3.8, 4) is 0 Å². The fraction of sp³-hybridized carbons (Fsp3) is 0.400. The van der Waals surface area contributed by atoms with Crippen LogP contribution in [0.2, 0.25) is 0 Å². The number of rotatable bonds is 3. The van der Waals surface area contributed by atoms with Gasteiger partial charge in [0.05, 0.1) is 11.7 Å². The SMILES string of the molecule is COC(CBr)c1ccc(C(F)(F)F)cc1. The van der Waals surface area contributed by atoms with Crippen molar-refractivity contribution in [2.75, 3.05) is 12.4 Å². The predicted molar refractivity (Wildman–Crippen MR) is 55.0 cm³/mol.